The number of aryl methyl sites for hydroxylation is 1. The zero-order valence-corrected chi connectivity index (χ0v) is 10.9. The summed E-state index contributed by atoms with van der Waals surface area (Å²) in [6, 6.07) is 9.45. The number of ether oxygens (including phenoxy) is 1. The molecule has 0 aliphatic carbocycles. The number of benzene rings is 1. The fraction of sp³-hybridized carbons (Fsp3) is 0.333. The van der Waals surface area contributed by atoms with Crippen LogP contribution in [0.3, 0.4) is 0 Å². The molecular formula is C12H15N3O2S. The van der Waals surface area contributed by atoms with Gasteiger partial charge in [-0.15, -0.1) is 10.2 Å². The van der Waals surface area contributed by atoms with E-state index in [0.717, 1.165) is 10.9 Å². The topological polar surface area (TPSA) is 60.2 Å². The molecule has 96 valence electrons. The van der Waals surface area contributed by atoms with E-state index in [-0.39, 0.29) is 6.61 Å². The van der Waals surface area contributed by atoms with Gasteiger partial charge in [-0.3, -0.25) is 0 Å². The van der Waals surface area contributed by atoms with Crippen LogP contribution in [0.1, 0.15) is 0 Å². The second-order valence-corrected chi connectivity index (χ2v) is 4.80. The van der Waals surface area contributed by atoms with Gasteiger partial charge in [-0.2, -0.15) is 0 Å². The van der Waals surface area contributed by atoms with Crippen molar-refractivity contribution in [3.63, 3.8) is 0 Å². The van der Waals surface area contributed by atoms with Crippen LogP contribution in [-0.4, -0.2) is 38.3 Å². The summed E-state index contributed by atoms with van der Waals surface area (Å²) in [4.78, 5) is 0. The minimum Gasteiger partial charge on any atom is -0.491 e. The largest absolute Gasteiger partial charge is 0.491 e. The van der Waals surface area contributed by atoms with Gasteiger partial charge in [-0.25, -0.2) is 0 Å². The van der Waals surface area contributed by atoms with Crippen LogP contribution in [0.5, 0.6) is 5.75 Å². The number of thioether (sulfide) groups is 1. The van der Waals surface area contributed by atoms with Gasteiger partial charge in [0.25, 0.3) is 0 Å². The summed E-state index contributed by atoms with van der Waals surface area (Å²) in [6.45, 7) is 0.273. The summed E-state index contributed by atoms with van der Waals surface area (Å²) in [7, 11) is 1.87. The molecule has 0 aliphatic rings. The first-order chi connectivity index (χ1) is 8.75. The van der Waals surface area contributed by atoms with E-state index in [1.54, 1.807) is 6.33 Å². The molecule has 1 atom stereocenters. The molecular weight excluding hydrogens is 250 g/mol. The highest BCUT2D eigenvalue weighted by molar-refractivity contribution is 7.99. The van der Waals surface area contributed by atoms with Crippen molar-refractivity contribution >= 4 is 11.8 Å². The number of rotatable bonds is 6. The Hall–Kier alpha value is -1.53. The van der Waals surface area contributed by atoms with E-state index >= 15 is 0 Å². The molecule has 0 aliphatic heterocycles. The molecule has 0 bridgehead atoms. The van der Waals surface area contributed by atoms with Crippen LogP contribution in [0.25, 0.3) is 0 Å². The SMILES string of the molecule is Cn1cnnc1SCC(O)COc1ccccc1. The van der Waals surface area contributed by atoms with Crippen LogP contribution in [-0.2, 0) is 7.05 Å². The van der Waals surface area contributed by atoms with Crippen molar-refractivity contribution < 1.29 is 9.84 Å². The lowest BCUT2D eigenvalue weighted by Gasteiger charge is -2.11. The third-order valence-corrected chi connectivity index (χ3v) is 3.44. The van der Waals surface area contributed by atoms with Crippen molar-refractivity contribution in [3.8, 4) is 5.75 Å². The first kappa shape index (κ1) is 12.9. The first-order valence-corrected chi connectivity index (χ1v) is 6.57. The van der Waals surface area contributed by atoms with Crippen LogP contribution < -0.4 is 4.74 Å². The predicted octanol–water partition coefficient (Wildman–Crippen LogP) is 1.35. The molecule has 18 heavy (non-hydrogen) atoms. The van der Waals surface area contributed by atoms with E-state index in [9.17, 15) is 5.11 Å². The van der Waals surface area contributed by atoms with Crippen molar-refractivity contribution in [3.05, 3.63) is 36.7 Å². The van der Waals surface area contributed by atoms with Gasteiger partial charge in [0.05, 0.1) is 6.10 Å². The van der Waals surface area contributed by atoms with Gasteiger partial charge in [-0.1, -0.05) is 30.0 Å². The molecule has 1 aromatic heterocycles. The van der Waals surface area contributed by atoms with Crippen LogP contribution in [0, 0.1) is 0 Å². The Bertz CT molecular complexity index is 475. The number of para-hydroxylation sites is 1. The Balaban J connectivity index is 1.73. The number of aliphatic hydroxyl groups is 1. The highest BCUT2D eigenvalue weighted by Gasteiger charge is 2.09. The Morgan fingerprint density at radius 3 is 2.83 bits per heavy atom. The van der Waals surface area contributed by atoms with Gasteiger partial charge in [0.1, 0.15) is 18.7 Å². The van der Waals surface area contributed by atoms with Crippen LogP contribution in [0.15, 0.2) is 41.8 Å². The van der Waals surface area contributed by atoms with Gasteiger partial charge < -0.3 is 14.4 Å². The molecule has 6 heteroatoms. The monoisotopic (exact) mass is 265 g/mol. The van der Waals surface area contributed by atoms with Crippen molar-refractivity contribution in [2.45, 2.75) is 11.3 Å². The molecule has 1 heterocycles. The Morgan fingerprint density at radius 2 is 2.17 bits per heavy atom. The molecule has 2 aromatic rings. The second-order valence-electron chi connectivity index (χ2n) is 3.81. The molecule has 1 unspecified atom stereocenters. The van der Waals surface area contributed by atoms with E-state index in [0.29, 0.717) is 5.75 Å². The molecule has 0 fully saturated rings. The number of aromatic nitrogens is 3. The highest BCUT2D eigenvalue weighted by Crippen LogP contribution is 2.15. The number of aliphatic hydroxyl groups excluding tert-OH is 1. The zero-order chi connectivity index (χ0) is 12.8. The Labute approximate surface area is 110 Å². The minimum absolute atomic E-state index is 0.273. The average Bonchev–Trinajstić information content (AvgIpc) is 2.81. The predicted molar refractivity (Wildman–Crippen MR) is 69.7 cm³/mol. The molecule has 2 rings (SSSR count). The molecule has 1 aromatic carbocycles. The van der Waals surface area contributed by atoms with E-state index < -0.39 is 6.10 Å². The Morgan fingerprint density at radius 1 is 1.39 bits per heavy atom. The van der Waals surface area contributed by atoms with E-state index in [1.807, 2.05) is 41.9 Å². The summed E-state index contributed by atoms with van der Waals surface area (Å²) in [5.74, 6) is 1.29. The van der Waals surface area contributed by atoms with Gasteiger partial charge >= 0.3 is 0 Å². The fourth-order valence-corrected chi connectivity index (χ4v) is 2.12. The van der Waals surface area contributed by atoms with Gasteiger partial charge in [0.2, 0.25) is 0 Å². The molecule has 1 N–H and O–H groups in total. The quantitative estimate of drug-likeness (QED) is 0.799. The summed E-state index contributed by atoms with van der Waals surface area (Å²) in [5, 5.41) is 18.3. The third-order valence-electron chi connectivity index (χ3n) is 2.26. The van der Waals surface area contributed by atoms with Gasteiger partial charge in [0.15, 0.2) is 5.16 Å². The lowest BCUT2D eigenvalue weighted by Crippen LogP contribution is -2.20. The molecule has 0 spiro atoms. The zero-order valence-electron chi connectivity index (χ0n) is 10.1. The molecule has 0 amide bonds. The first-order valence-electron chi connectivity index (χ1n) is 5.58. The highest BCUT2D eigenvalue weighted by atomic mass is 32.2. The molecule has 5 nitrogen and oxygen atoms in total. The maximum atomic E-state index is 9.80. The molecule has 0 saturated heterocycles. The maximum absolute atomic E-state index is 9.80. The van der Waals surface area contributed by atoms with E-state index in [2.05, 4.69) is 10.2 Å². The van der Waals surface area contributed by atoms with E-state index in [4.69, 9.17) is 4.74 Å². The molecule has 0 saturated carbocycles. The minimum atomic E-state index is -0.535. The smallest absolute Gasteiger partial charge is 0.190 e. The summed E-state index contributed by atoms with van der Waals surface area (Å²) >= 11 is 1.46. The van der Waals surface area contributed by atoms with Crippen molar-refractivity contribution in [2.24, 2.45) is 7.05 Å². The summed E-state index contributed by atoms with van der Waals surface area (Å²) < 4.78 is 7.28. The van der Waals surface area contributed by atoms with E-state index in [1.165, 1.54) is 11.8 Å². The van der Waals surface area contributed by atoms with Crippen LogP contribution >= 0.6 is 11.8 Å². The maximum Gasteiger partial charge on any atom is 0.190 e. The lowest BCUT2D eigenvalue weighted by molar-refractivity contribution is 0.126. The van der Waals surface area contributed by atoms with Gasteiger partial charge in [0, 0.05) is 12.8 Å². The van der Waals surface area contributed by atoms with Crippen LogP contribution in [0.4, 0.5) is 0 Å². The Kier molecular flexibility index (Phi) is 4.60. The third kappa shape index (κ3) is 3.75. The van der Waals surface area contributed by atoms with Crippen molar-refractivity contribution in [1.82, 2.24) is 14.8 Å². The number of nitrogens with zero attached hydrogens (tertiary/aromatic N) is 3. The normalized spacial score (nSPS) is 12.3. The van der Waals surface area contributed by atoms with Crippen molar-refractivity contribution in [2.75, 3.05) is 12.4 Å². The fourth-order valence-electron chi connectivity index (χ4n) is 1.33. The van der Waals surface area contributed by atoms with Gasteiger partial charge in [-0.05, 0) is 12.1 Å². The average molecular weight is 265 g/mol. The standard InChI is InChI=1S/C12H15N3O2S/c1-15-9-13-14-12(15)18-8-10(16)7-17-11-5-3-2-4-6-11/h2-6,9-10,16H,7-8H2,1H3. The number of hydrogen-bond acceptors (Lipinski definition) is 5. The molecule has 0 radical (unpaired) electrons. The van der Waals surface area contributed by atoms with Crippen LogP contribution in [0.2, 0.25) is 0 Å². The lowest BCUT2D eigenvalue weighted by atomic mass is 10.3. The second kappa shape index (κ2) is 6.42. The number of hydrogen-bond donors (Lipinski definition) is 1. The van der Waals surface area contributed by atoms with Crippen molar-refractivity contribution in [1.29, 1.82) is 0 Å². The summed E-state index contributed by atoms with van der Waals surface area (Å²) in [6.07, 6.45) is 1.10. The summed E-state index contributed by atoms with van der Waals surface area (Å²) in [5.41, 5.74) is 0.